The van der Waals surface area contributed by atoms with Gasteiger partial charge in [0.05, 0.1) is 6.42 Å². The van der Waals surface area contributed by atoms with E-state index in [2.05, 4.69) is 15.9 Å². The van der Waals surface area contributed by atoms with Crippen LogP contribution in [0.5, 0.6) is 0 Å². The molecule has 0 heterocycles. The Bertz CT molecular complexity index is 325. The molecule has 0 radical (unpaired) electrons. The Morgan fingerprint density at radius 2 is 2.15 bits per heavy atom. The van der Waals surface area contributed by atoms with Gasteiger partial charge in [0.15, 0.2) is 0 Å². The summed E-state index contributed by atoms with van der Waals surface area (Å²) in [5, 5.41) is 9.01. The lowest BCUT2D eigenvalue weighted by Crippen LogP contribution is -2.03. The van der Waals surface area contributed by atoms with Gasteiger partial charge in [0.1, 0.15) is 5.82 Å². The van der Waals surface area contributed by atoms with Crippen molar-refractivity contribution in [3.63, 3.8) is 0 Å². The average molecular weight is 247 g/mol. The van der Waals surface area contributed by atoms with Gasteiger partial charge in [0.2, 0.25) is 0 Å². The molecule has 1 N–H and O–H groups in total. The lowest BCUT2D eigenvalue weighted by Gasteiger charge is -2.03. The molecule has 0 aromatic heterocycles. The van der Waals surface area contributed by atoms with E-state index in [0.29, 0.717) is 16.5 Å². The van der Waals surface area contributed by atoms with Crippen molar-refractivity contribution >= 4 is 21.9 Å². The molecule has 13 heavy (non-hydrogen) atoms. The highest BCUT2D eigenvalue weighted by Crippen LogP contribution is 2.15. The first-order chi connectivity index (χ1) is 6.13. The van der Waals surface area contributed by atoms with Gasteiger partial charge in [0, 0.05) is 5.33 Å². The molecule has 1 aromatic rings. The quantitative estimate of drug-likeness (QED) is 0.832. The van der Waals surface area contributed by atoms with Crippen LogP contribution in [0.1, 0.15) is 11.1 Å². The minimum atomic E-state index is -0.909. The van der Waals surface area contributed by atoms with Gasteiger partial charge in [0.25, 0.3) is 0 Å². The summed E-state index contributed by atoms with van der Waals surface area (Å²) in [7, 11) is 0. The molecule has 70 valence electrons. The molecule has 0 saturated heterocycles. The van der Waals surface area contributed by atoms with Crippen molar-refractivity contribution < 1.29 is 14.3 Å². The Morgan fingerprint density at radius 1 is 1.46 bits per heavy atom. The van der Waals surface area contributed by atoms with E-state index in [0.717, 1.165) is 0 Å². The maximum absolute atomic E-state index is 12.7. The first-order valence-corrected chi connectivity index (χ1v) is 4.80. The van der Waals surface area contributed by atoms with Crippen molar-refractivity contribution in [2.75, 3.05) is 0 Å². The Hall–Kier alpha value is -0.900. The number of alkyl halides is 1. The van der Waals surface area contributed by atoms with Crippen LogP contribution in [0.3, 0.4) is 0 Å². The molecule has 1 aromatic carbocycles. The first-order valence-electron chi connectivity index (χ1n) is 3.68. The van der Waals surface area contributed by atoms with Gasteiger partial charge in [-0.15, -0.1) is 0 Å². The molecule has 0 amide bonds. The highest BCUT2D eigenvalue weighted by atomic mass is 79.9. The Kier molecular flexibility index (Phi) is 3.42. The number of rotatable bonds is 3. The smallest absolute Gasteiger partial charge is 0.307 e. The van der Waals surface area contributed by atoms with E-state index in [-0.39, 0.29) is 12.2 Å². The Labute approximate surface area is 83.5 Å². The first kappa shape index (κ1) is 10.2. The molecule has 4 heteroatoms. The molecule has 1 rings (SSSR count). The fourth-order valence-corrected chi connectivity index (χ4v) is 1.58. The summed E-state index contributed by atoms with van der Waals surface area (Å²) in [4.78, 5) is 10.4. The predicted octanol–water partition coefficient (Wildman–Crippen LogP) is 2.35. The minimum Gasteiger partial charge on any atom is -0.481 e. The summed E-state index contributed by atoms with van der Waals surface area (Å²) < 4.78 is 12.7. The normalized spacial score (nSPS) is 10.0. The van der Waals surface area contributed by atoms with Gasteiger partial charge in [-0.25, -0.2) is 4.39 Å². The molecular formula is C9H8BrFO2. The van der Waals surface area contributed by atoms with Crippen molar-refractivity contribution in [2.24, 2.45) is 0 Å². The van der Waals surface area contributed by atoms with Crippen LogP contribution in [0.4, 0.5) is 4.39 Å². The van der Waals surface area contributed by atoms with Crippen molar-refractivity contribution in [1.82, 2.24) is 0 Å². The number of hydrogen-bond donors (Lipinski definition) is 1. The summed E-state index contributed by atoms with van der Waals surface area (Å²) in [6.45, 7) is 0. The zero-order valence-electron chi connectivity index (χ0n) is 6.76. The Morgan fingerprint density at radius 3 is 2.69 bits per heavy atom. The van der Waals surface area contributed by atoms with Crippen molar-refractivity contribution in [2.45, 2.75) is 11.8 Å². The summed E-state index contributed by atoms with van der Waals surface area (Å²) in [5.74, 6) is -1.25. The van der Waals surface area contributed by atoms with Gasteiger partial charge >= 0.3 is 5.97 Å². The molecule has 0 aliphatic rings. The number of carbonyl (C=O) groups is 1. The van der Waals surface area contributed by atoms with Crippen LogP contribution in [0, 0.1) is 5.82 Å². The highest BCUT2D eigenvalue weighted by Gasteiger charge is 2.06. The van der Waals surface area contributed by atoms with E-state index in [9.17, 15) is 9.18 Å². The van der Waals surface area contributed by atoms with E-state index in [1.165, 1.54) is 18.2 Å². The van der Waals surface area contributed by atoms with Gasteiger partial charge < -0.3 is 5.11 Å². The number of carboxylic acid groups (broad SMARTS) is 1. The van der Waals surface area contributed by atoms with Gasteiger partial charge in [-0.05, 0) is 23.3 Å². The van der Waals surface area contributed by atoms with E-state index in [4.69, 9.17) is 5.11 Å². The number of hydrogen-bond acceptors (Lipinski definition) is 1. The standard InChI is InChI=1S/C9H8BrFO2/c10-5-7-3-8(11)2-1-6(7)4-9(12)13/h1-3H,4-5H2,(H,12,13). The summed E-state index contributed by atoms with van der Waals surface area (Å²) in [6, 6.07) is 4.11. The van der Waals surface area contributed by atoms with Crippen molar-refractivity contribution in [3.05, 3.63) is 35.1 Å². The molecule has 2 nitrogen and oxygen atoms in total. The lowest BCUT2D eigenvalue weighted by molar-refractivity contribution is -0.136. The Balaban J connectivity index is 2.99. The number of benzene rings is 1. The van der Waals surface area contributed by atoms with E-state index < -0.39 is 5.97 Å². The second-order valence-electron chi connectivity index (χ2n) is 2.62. The van der Waals surface area contributed by atoms with Crippen LogP contribution in [0.25, 0.3) is 0 Å². The molecule has 0 unspecified atom stereocenters. The van der Waals surface area contributed by atoms with Crippen molar-refractivity contribution in [1.29, 1.82) is 0 Å². The number of aliphatic carboxylic acids is 1. The fourth-order valence-electron chi connectivity index (χ4n) is 1.05. The lowest BCUT2D eigenvalue weighted by atomic mass is 10.1. The molecular weight excluding hydrogens is 239 g/mol. The number of carboxylic acids is 1. The largest absolute Gasteiger partial charge is 0.481 e. The van der Waals surface area contributed by atoms with Crippen LogP contribution in [-0.2, 0) is 16.5 Å². The molecule has 0 aliphatic carbocycles. The molecule has 0 aliphatic heterocycles. The number of halogens is 2. The summed E-state index contributed by atoms with van der Waals surface area (Å²) in [6.07, 6.45) is -0.0682. The van der Waals surface area contributed by atoms with E-state index in [1.807, 2.05) is 0 Å². The van der Waals surface area contributed by atoms with Crippen LogP contribution < -0.4 is 0 Å². The van der Waals surface area contributed by atoms with Crippen LogP contribution in [-0.4, -0.2) is 11.1 Å². The van der Waals surface area contributed by atoms with E-state index in [1.54, 1.807) is 0 Å². The maximum Gasteiger partial charge on any atom is 0.307 e. The second-order valence-corrected chi connectivity index (χ2v) is 3.18. The highest BCUT2D eigenvalue weighted by molar-refractivity contribution is 9.08. The van der Waals surface area contributed by atoms with Crippen molar-refractivity contribution in [3.8, 4) is 0 Å². The molecule has 0 saturated carbocycles. The monoisotopic (exact) mass is 246 g/mol. The molecule has 0 spiro atoms. The zero-order chi connectivity index (χ0) is 9.84. The summed E-state index contributed by atoms with van der Waals surface area (Å²) >= 11 is 3.17. The third kappa shape index (κ3) is 2.81. The summed E-state index contributed by atoms with van der Waals surface area (Å²) in [5.41, 5.74) is 1.33. The zero-order valence-corrected chi connectivity index (χ0v) is 8.34. The van der Waals surface area contributed by atoms with Crippen LogP contribution in [0.2, 0.25) is 0 Å². The topological polar surface area (TPSA) is 37.3 Å². The molecule has 0 bridgehead atoms. The molecule has 0 atom stereocenters. The minimum absolute atomic E-state index is 0.0682. The third-order valence-electron chi connectivity index (χ3n) is 1.65. The van der Waals surface area contributed by atoms with Crippen LogP contribution in [0.15, 0.2) is 18.2 Å². The molecule has 0 fully saturated rings. The maximum atomic E-state index is 12.7. The van der Waals surface area contributed by atoms with E-state index >= 15 is 0 Å². The van der Waals surface area contributed by atoms with Gasteiger partial charge in [-0.3, -0.25) is 4.79 Å². The van der Waals surface area contributed by atoms with Gasteiger partial charge in [-0.2, -0.15) is 0 Å². The van der Waals surface area contributed by atoms with Gasteiger partial charge in [-0.1, -0.05) is 22.0 Å². The second kappa shape index (κ2) is 4.37. The average Bonchev–Trinajstić information content (AvgIpc) is 2.07. The fraction of sp³-hybridized carbons (Fsp3) is 0.222. The SMILES string of the molecule is O=C(O)Cc1ccc(F)cc1CBr. The third-order valence-corrected chi connectivity index (χ3v) is 2.26. The van der Waals surface area contributed by atoms with Crippen LogP contribution >= 0.6 is 15.9 Å². The predicted molar refractivity (Wildman–Crippen MR) is 50.4 cm³/mol.